The zero-order valence-corrected chi connectivity index (χ0v) is 10.9. The lowest BCUT2D eigenvalue weighted by molar-refractivity contribution is -0.148. The Balaban J connectivity index is 2.00. The van der Waals surface area contributed by atoms with Crippen molar-refractivity contribution in [1.82, 2.24) is 10.3 Å². The lowest BCUT2D eigenvalue weighted by atomic mass is 10.0. The van der Waals surface area contributed by atoms with Gasteiger partial charge in [-0.15, -0.1) is 0 Å². The van der Waals surface area contributed by atoms with Gasteiger partial charge in [0.05, 0.1) is 0 Å². The number of amides is 1. The van der Waals surface area contributed by atoms with Gasteiger partial charge >= 0.3 is 12.1 Å². The SMILES string of the molecule is CC(=O)OC(c1c[nH]c2ccccc12)[C@H]1COC(=O)N1. The van der Waals surface area contributed by atoms with Crippen molar-refractivity contribution in [3.63, 3.8) is 0 Å². The molecular formula is C14H14N2O4. The summed E-state index contributed by atoms with van der Waals surface area (Å²) in [4.78, 5) is 25.7. The second kappa shape index (κ2) is 4.88. The summed E-state index contributed by atoms with van der Waals surface area (Å²) in [6.45, 7) is 1.52. The highest BCUT2D eigenvalue weighted by atomic mass is 16.6. The largest absolute Gasteiger partial charge is 0.455 e. The van der Waals surface area contributed by atoms with E-state index in [-0.39, 0.29) is 12.6 Å². The third-order valence-corrected chi connectivity index (χ3v) is 3.28. The number of ether oxygens (including phenoxy) is 2. The first-order chi connectivity index (χ1) is 9.65. The Morgan fingerprint density at radius 2 is 2.25 bits per heavy atom. The van der Waals surface area contributed by atoms with Crippen LogP contribution < -0.4 is 5.32 Å². The molecule has 0 saturated carbocycles. The highest BCUT2D eigenvalue weighted by Crippen LogP contribution is 2.30. The fourth-order valence-electron chi connectivity index (χ4n) is 2.43. The minimum atomic E-state index is -0.574. The first-order valence-corrected chi connectivity index (χ1v) is 6.31. The molecule has 1 saturated heterocycles. The summed E-state index contributed by atoms with van der Waals surface area (Å²) in [7, 11) is 0. The zero-order chi connectivity index (χ0) is 14.1. The van der Waals surface area contributed by atoms with Gasteiger partial charge in [0.1, 0.15) is 12.6 Å². The van der Waals surface area contributed by atoms with E-state index in [9.17, 15) is 9.59 Å². The highest BCUT2D eigenvalue weighted by molar-refractivity contribution is 5.84. The number of benzene rings is 1. The van der Waals surface area contributed by atoms with Gasteiger partial charge in [-0.2, -0.15) is 0 Å². The smallest absolute Gasteiger partial charge is 0.407 e. The van der Waals surface area contributed by atoms with Crippen LogP contribution in [0.3, 0.4) is 0 Å². The highest BCUT2D eigenvalue weighted by Gasteiger charge is 2.34. The molecule has 2 heterocycles. The normalized spacial score (nSPS) is 19.4. The van der Waals surface area contributed by atoms with Crippen LogP contribution in [-0.4, -0.2) is 29.7 Å². The van der Waals surface area contributed by atoms with Crippen LogP contribution in [0.25, 0.3) is 10.9 Å². The van der Waals surface area contributed by atoms with Crippen LogP contribution in [0.4, 0.5) is 4.79 Å². The Kier molecular flexibility index (Phi) is 3.06. The van der Waals surface area contributed by atoms with Crippen molar-refractivity contribution in [2.45, 2.75) is 19.1 Å². The predicted molar refractivity (Wildman–Crippen MR) is 71.1 cm³/mol. The minimum Gasteiger partial charge on any atom is -0.455 e. The number of aromatic amines is 1. The maximum Gasteiger partial charge on any atom is 0.407 e. The van der Waals surface area contributed by atoms with E-state index in [4.69, 9.17) is 9.47 Å². The van der Waals surface area contributed by atoms with Crippen LogP contribution in [0.2, 0.25) is 0 Å². The molecule has 104 valence electrons. The van der Waals surface area contributed by atoms with Crippen LogP contribution in [0.15, 0.2) is 30.5 Å². The van der Waals surface area contributed by atoms with E-state index in [0.717, 1.165) is 16.5 Å². The molecule has 0 bridgehead atoms. The monoisotopic (exact) mass is 274 g/mol. The number of esters is 1. The van der Waals surface area contributed by atoms with E-state index in [1.165, 1.54) is 6.92 Å². The molecule has 1 amide bonds. The molecule has 1 unspecified atom stereocenters. The Labute approximate surface area is 115 Å². The quantitative estimate of drug-likeness (QED) is 0.837. The molecule has 20 heavy (non-hydrogen) atoms. The fourth-order valence-corrected chi connectivity index (χ4v) is 2.43. The van der Waals surface area contributed by atoms with Crippen molar-refractivity contribution in [3.8, 4) is 0 Å². The van der Waals surface area contributed by atoms with Crippen LogP contribution >= 0.6 is 0 Å². The summed E-state index contributed by atoms with van der Waals surface area (Å²) in [5.41, 5.74) is 1.77. The molecule has 1 aliphatic heterocycles. The molecule has 6 heteroatoms. The Morgan fingerprint density at radius 3 is 2.95 bits per heavy atom. The first kappa shape index (κ1) is 12.5. The van der Waals surface area contributed by atoms with Gasteiger partial charge in [-0.05, 0) is 6.07 Å². The number of rotatable bonds is 3. The van der Waals surface area contributed by atoms with Gasteiger partial charge in [-0.1, -0.05) is 18.2 Å². The number of H-pyrrole nitrogens is 1. The number of hydrogen-bond acceptors (Lipinski definition) is 4. The Bertz CT molecular complexity index is 664. The standard InChI is InChI=1S/C14H14N2O4/c1-8(17)20-13(12-7-19-14(18)16-12)10-6-15-11-5-3-2-4-9(10)11/h2-6,12-13,15H,7H2,1H3,(H,16,18)/t12-,13?/m1/s1. The predicted octanol–water partition coefficient (Wildman–Crippen LogP) is 1.88. The molecule has 6 nitrogen and oxygen atoms in total. The summed E-state index contributed by atoms with van der Waals surface area (Å²) in [5.74, 6) is -0.401. The minimum absolute atomic E-state index is 0.177. The summed E-state index contributed by atoms with van der Waals surface area (Å²) in [5, 5.41) is 3.62. The third-order valence-electron chi connectivity index (χ3n) is 3.28. The number of hydrogen-bond donors (Lipinski definition) is 2. The third kappa shape index (κ3) is 2.20. The average Bonchev–Trinajstić information content (AvgIpc) is 3.02. The number of carbonyl (C=O) groups excluding carboxylic acids is 2. The Morgan fingerprint density at radius 1 is 1.45 bits per heavy atom. The van der Waals surface area contributed by atoms with Crippen molar-refractivity contribution in [2.75, 3.05) is 6.61 Å². The molecule has 0 radical (unpaired) electrons. The molecule has 2 atom stereocenters. The number of para-hydroxylation sites is 1. The second-order valence-electron chi connectivity index (χ2n) is 4.67. The second-order valence-corrected chi connectivity index (χ2v) is 4.67. The number of fused-ring (bicyclic) bond motifs is 1. The lowest BCUT2D eigenvalue weighted by Crippen LogP contribution is -2.34. The molecule has 3 rings (SSSR count). The number of aromatic nitrogens is 1. The summed E-state index contributed by atoms with van der Waals surface area (Å²) >= 11 is 0. The van der Waals surface area contributed by atoms with E-state index >= 15 is 0 Å². The average molecular weight is 274 g/mol. The number of nitrogens with one attached hydrogen (secondary N) is 2. The van der Waals surface area contributed by atoms with E-state index in [1.54, 1.807) is 6.20 Å². The van der Waals surface area contributed by atoms with Crippen molar-refractivity contribution >= 4 is 23.0 Å². The van der Waals surface area contributed by atoms with Crippen LogP contribution in [0.5, 0.6) is 0 Å². The fraction of sp³-hybridized carbons (Fsp3) is 0.286. The molecular weight excluding hydrogens is 260 g/mol. The molecule has 1 aromatic heterocycles. The van der Waals surface area contributed by atoms with Gasteiger partial charge in [0.15, 0.2) is 6.10 Å². The number of alkyl carbamates (subject to hydrolysis) is 1. The number of carbonyl (C=O) groups is 2. The van der Waals surface area contributed by atoms with E-state index in [1.807, 2.05) is 24.3 Å². The van der Waals surface area contributed by atoms with Crippen molar-refractivity contribution < 1.29 is 19.1 Å². The maximum atomic E-state index is 11.3. The van der Waals surface area contributed by atoms with Gasteiger partial charge < -0.3 is 19.8 Å². The summed E-state index contributed by atoms with van der Waals surface area (Å²) in [6.07, 6.45) is 0.727. The van der Waals surface area contributed by atoms with Crippen molar-refractivity contribution in [2.24, 2.45) is 0 Å². The van der Waals surface area contributed by atoms with Gasteiger partial charge in [0.25, 0.3) is 0 Å². The maximum absolute atomic E-state index is 11.3. The van der Waals surface area contributed by atoms with Gasteiger partial charge in [-0.3, -0.25) is 4.79 Å². The molecule has 1 fully saturated rings. The van der Waals surface area contributed by atoms with E-state index < -0.39 is 18.2 Å². The zero-order valence-electron chi connectivity index (χ0n) is 10.9. The molecule has 2 aromatic rings. The van der Waals surface area contributed by atoms with Crippen molar-refractivity contribution in [3.05, 3.63) is 36.0 Å². The summed E-state index contributed by atoms with van der Waals surface area (Å²) < 4.78 is 10.3. The topological polar surface area (TPSA) is 80.4 Å². The first-order valence-electron chi connectivity index (χ1n) is 6.31. The van der Waals surface area contributed by atoms with Crippen LogP contribution in [-0.2, 0) is 14.3 Å². The Hall–Kier alpha value is -2.50. The van der Waals surface area contributed by atoms with Gasteiger partial charge in [-0.25, -0.2) is 4.79 Å². The van der Waals surface area contributed by atoms with Crippen LogP contribution in [0.1, 0.15) is 18.6 Å². The molecule has 0 aliphatic carbocycles. The summed E-state index contributed by atoms with van der Waals surface area (Å²) in [6, 6.07) is 7.33. The molecule has 0 spiro atoms. The van der Waals surface area contributed by atoms with Gasteiger partial charge in [0.2, 0.25) is 0 Å². The molecule has 2 N–H and O–H groups in total. The lowest BCUT2D eigenvalue weighted by Gasteiger charge is -2.21. The number of cyclic esters (lactones) is 1. The van der Waals surface area contributed by atoms with Gasteiger partial charge in [0, 0.05) is 29.6 Å². The van der Waals surface area contributed by atoms with Crippen molar-refractivity contribution in [1.29, 1.82) is 0 Å². The molecule has 1 aromatic carbocycles. The van der Waals surface area contributed by atoms with Crippen LogP contribution in [0, 0.1) is 0 Å². The van der Waals surface area contributed by atoms with E-state index in [0.29, 0.717) is 0 Å². The molecule has 1 aliphatic rings. The van der Waals surface area contributed by atoms with E-state index in [2.05, 4.69) is 10.3 Å².